The highest BCUT2D eigenvalue weighted by Gasteiger charge is 2.21. The van der Waals surface area contributed by atoms with E-state index in [1.165, 1.54) is 0 Å². The summed E-state index contributed by atoms with van der Waals surface area (Å²) < 4.78 is 0. The van der Waals surface area contributed by atoms with Crippen molar-refractivity contribution < 1.29 is 9.59 Å². The van der Waals surface area contributed by atoms with Gasteiger partial charge in [0.1, 0.15) is 0 Å². The summed E-state index contributed by atoms with van der Waals surface area (Å²) in [7, 11) is 3.62. The predicted molar refractivity (Wildman–Crippen MR) is 102 cm³/mol. The standard InChI is InChI=1S/C18H28N4O2.ClH/c1-21(14-15-6-4-3-5-7-15)18(24)20-13-10-17(23)22(2)16-8-11-19-12-9-16;/h3-7,16,19H,8-14H2,1-2H3,(H,20,24);1H. The molecule has 1 aliphatic heterocycles. The maximum atomic E-state index is 12.2. The summed E-state index contributed by atoms with van der Waals surface area (Å²) in [6.07, 6.45) is 2.33. The Morgan fingerprint density at radius 3 is 2.44 bits per heavy atom. The van der Waals surface area contributed by atoms with Gasteiger partial charge in [0, 0.05) is 39.6 Å². The topological polar surface area (TPSA) is 64.7 Å². The smallest absolute Gasteiger partial charge is 0.317 e. The Labute approximate surface area is 156 Å². The number of hydrogen-bond acceptors (Lipinski definition) is 3. The van der Waals surface area contributed by atoms with Crippen LogP contribution >= 0.6 is 12.4 Å². The minimum atomic E-state index is -0.156. The molecule has 2 N–H and O–H groups in total. The SMILES string of the molecule is CN(Cc1ccccc1)C(=O)NCCC(=O)N(C)C1CCNCC1.Cl. The van der Waals surface area contributed by atoms with E-state index in [9.17, 15) is 9.59 Å². The van der Waals surface area contributed by atoms with Gasteiger partial charge in [-0.3, -0.25) is 4.79 Å². The maximum Gasteiger partial charge on any atom is 0.317 e. The Morgan fingerprint density at radius 2 is 1.80 bits per heavy atom. The first-order chi connectivity index (χ1) is 11.6. The van der Waals surface area contributed by atoms with Crippen LogP contribution in [-0.4, -0.2) is 61.5 Å². The second-order valence-electron chi connectivity index (χ2n) is 6.31. The van der Waals surface area contributed by atoms with Gasteiger partial charge < -0.3 is 20.4 Å². The number of nitrogens with zero attached hydrogens (tertiary/aromatic N) is 2. The molecule has 1 heterocycles. The van der Waals surface area contributed by atoms with Crippen LogP contribution in [0.5, 0.6) is 0 Å². The van der Waals surface area contributed by atoms with Crippen molar-refractivity contribution in [3.8, 4) is 0 Å². The first-order valence-electron chi connectivity index (χ1n) is 8.57. The van der Waals surface area contributed by atoms with Crippen LogP contribution in [0.3, 0.4) is 0 Å². The van der Waals surface area contributed by atoms with Crippen molar-refractivity contribution in [1.82, 2.24) is 20.4 Å². The highest BCUT2D eigenvalue weighted by Crippen LogP contribution is 2.10. The normalized spacial score (nSPS) is 14.3. The molecule has 3 amide bonds. The van der Waals surface area contributed by atoms with E-state index in [0.717, 1.165) is 31.5 Å². The van der Waals surface area contributed by atoms with Crippen LogP contribution in [0.25, 0.3) is 0 Å². The molecule has 1 aliphatic rings. The summed E-state index contributed by atoms with van der Waals surface area (Å²) in [4.78, 5) is 27.8. The fraction of sp³-hybridized carbons (Fsp3) is 0.556. The minimum Gasteiger partial charge on any atom is -0.343 e. The number of hydrogen-bond donors (Lipinski definition) is 2. The molecule has 7 heteroatoms. The molecule has 0 radical (unpaired) electrons. The van der Waals surface area contributed by atoms with Crippen LogP contribution in [0.4, 0.5) is 4.79 Å². The number of urea groups is 1. The molecular formula is C18H29ClN4O2. The molecule has 1 saturated heterocycles. The Hall–Kier alpha value is -1.79. The van der Waals surface area contributed by atoms with Gasteiger partial charge in [-0.1, -0.05) is 30.3 Å². The molecule has 0 aliphatic carbocycles. The van der Waals surface area contributed by atoms with Gasteiger partial charge in [-0.15, -0.1) is 12.4 Å². The molecule has 0 aromatic heterocycles. The molecule has 6 nitrogen and oxygen atoms in total. The Balaban J connectivity index is 0.00000312. The van der Waals surface area contributed by atoms with Crippen LogP contribution in [0.2, 0.25) is 0 Å². The first-order valence-corrected chi connectivity index (χ1v) is 8.57. The van der Waals surface area contributed by atoms with E-state index in [1.54, 1.807) is 11.9 Å². The van der Waals surface area contributed by atoms with Gasteiger partial charge in [-0.25, -0.2) is 4.79 Å². The quantitative estimate of drug-likeness (QED) is 0.805. The zero-order valence-corrected chi connectivity index (χ0v) is 15.8. The van der Waals surface area contributed by atoms with Crippen LogP contribution in [0, 0.1) is 0 Å². The summed E-state index contributed by atoms with van der Waals surface area (Å²) >= 11 is 0. The molecule has 25 heavy (non-hydrogen) atoms. The molecule has 0 atom stereocenters. The van der Waals surface area contributed by atoms with Gasteiger partial charge in [0.15, 0.2) is 0 Å². The number of halogens is 1. The maximum absolute atomic E-state index is 12.2. The monoisotopic (exact) mass is 368 g/mol. The highest BCUT2D eigenvalue weighted by molar-refractivity contribution is 5.85. The summed E-state index contributed by atoms with van der Waals surface area (Å²) in [5, 5.41) is 6.12. The highest BCUT2D eigenvalue weighted by atomic mass is 35.5. The molecule has 0 saturated carbocycles. The molecule has 0 spiro atoms. The van der Waals surface area contributed by atoms with Crippen molar-refractivity contribution in [2.45, 2.75) is 31.8 Å². The van der Waals surface area contributed by atoms with Gasteiger partial charge in [0.25, 0.3) is 0 Å². The number of piperidine rings is 1. The summed E-state index contributed by atoms with van der Waals surface area (Å²) in [6.45, 7) is 2.84. The second-order valence-corrected chi connectivity index (χ2v) is 6.31. The minimum absolute atomic E-state index is 0. The summed E-state index contributed by atoms with van der Waals surface area (Å²) in [5.74, 6) is 0.0907. The van der Waals surface area contributed by atoms with E-state index < -0.39 is 0 Å². The fourth-order valence-electron chi connectivity index (χ4n) is 2.91. The van der Waals surface area contributed by atoms with E-state index in [-0.39, 0.29) is 24.3 Å². The Bertz CT molecular complexity index is 535. The third kappa shape index (κ3) is 6.92. The van der Waals surface area contributed by atoms with Gasteiger partial charge in [-0.2, -0.15) is 0 Å². The number of rotatable bonds is 6. The van der Waals surface area contributed by atoms with Crippen LogP contribution in [-0.2, 0) is 11.3 Å². The molecule has 0 unspecified atom stereocenters. The van der Waals surface area contributed by atoms with Gasteiger partial charge in [0.2, 0.25) is 5.91 Å². The molecule has 1 fully saturated rings. The number of benzene rings is 1. The van der Waals surface area contributed by atoms with E-state index in [4.69, 9.17) is 0 Å². The van der Waals surface area contributed by atoms with Crippen molar-refractivity contribution in [3.63, 3.8) is 0 Å². The molecule has 140 valence electrons. The lowest BCUT2D eigenvalue weighted by atomic mass is 10.1. The van der Waals surface area contributed by atoms with E-state index in [2.05, 4.69) is 10.6 Å². The molecule has 1 aromatic rings. The van der Waals surface area contributed by atoms with Crippen LogP contribution < -0.4 is 10.6 Å². The molecule has 1 aromatic carbocycles. The summed E-state index contributed by atoms with van der Waals surface area (Å²) in [5.41, 5.74) is 1.08. The van der Waals surface area contributed by atoms with Crippen molar-refractivity contribution in [3.05, 3.63) is 35.9 Å². The first kappa shape index (κ1) is 21.3. The number of carbonyl (C=O) groups excluding carboxylic acids is 2. The Kier molecular flexibility index (Phi) is 9.31. The van der Waals surface area contributed by atoms with E-state index >= 15 is 0 Å². The van der Waals surface area contributed by atoms with Gasteiger partial charge in [0.05, 0.1) is 0 Å². The molecule has 2 rings (SSSR count). The lowest BCUT2D eigenvalue weighted by molar-refractivity contribution is -0.132. The molecule has 0 bridgehead atoms. The van der Waals surface area contributed by atoms with E-state index in [1.807, 2.05) is 42.3 Å². The average molecular weight is 369 g/mol. The molecular weight excluding hydrogens is 340 g/mol. The predicted octanol–water partition coefficient (Wildman–Crippen LogP) is 1.85. The number of nitrogens with one attached hydrogen (secondary N) is 2. The van der Waals surface area contributed by atoms with Crippen LogP contribution in [0.15, 0.2) is 30.3 Å². The third-order valence-electron chi connectivity index (χ3n) is 4.47. The zero-order valence-electron chi connectivity index (χ0n) is 15.0. The summed E-state index contributed by atoms with van der Waals surface area (Å²) in [6, 6.07) is 10.00. The van der Waals surface area contributed by atoms with Gasteiger partial charge >= 0.3 is 6.03 Å². The van der Waals surface area contributed by atoms with Crippen LogP contribution in [0.1, 0.15) is 24.8 Å². The lowest BCUT2D eigenvalue weighted by Crippen LogP contribution is -2.45. The third-order valence-corrected chi connectivity index (χ3v) is 4.47. The van der Waals surface area contributed by atoms with Crippen molar-refractivity contribution >= 4 is 24.3 Å². The largest absolute Gasteiger partial charge is 0.343 e. The second kappa shape index (κ2) is 10.9. The zero-order chi connectivity index (χ0) is 17.4. The van der Waals surface area contributed by atoms with Crippen molar-refractivity contribution in [2.75, 3.05) is 33.7 Å². The van der Waals surface area contributed by atoms with Gasteiger partial charge in [-0.05, 0) is 31.5 Å². The fourth-order valence-corrected chi connectivity index (χ4v) is 2.91. The van der Waals surface area contributed by atoms with E-state index in [0.29, 0.717) is 25.6 Å². The average Bonchev–Trinajstić information content (AvgIpc) is 2.62. The van der Waals surface area contributed by atoms with Crippen molar-refractivity contribution in [1.29, 1.82) is 0 Å². The lowest BCUT2D eigenvalue weighted by Gasteiger charge is -2.31. The van der Waals surface area contributed by atoms with Crippen molar-refractivity contribution in [2.24, 2.45) is 0 Å². The number of carbonyl (C=O) groups is 2. The Morgan fingerprint density at radius 1 is 1.16 bits per heavy atom. The number of amides is 3.